The largest absolute Gasteiger partial charge is 0.329 e. The molecule has 3 N–H and O–H groups in total. The molecule has 0 bridgehead atoms. The van der Waals surface area contributed by atoms with E-state index >= 15 is 4.39 Å². The Morgan fingerprint density at radius 2 is 2.04 bits per heavy atom. The number of H-pyrrole nitrogens is 1. The number of hydrogen-bond donors (Lipinski definition) is 2. The van der Waals surface area contributed by atoms with Crippen molar-refractivity contribution < 1.29 is 4.39 Å². The highest BCUT2D eigenvalue weighted by Gasteiger charge is 2.33. The quantitative estimate of drug-likeness (QED) is 0.709. The second-order valence-corrected chi connectivity index (χ2v) is 8.58. The topological polar surface area (TPSA) is 80.9 Å². The predicted molar refractivity (Wildman–Crippen MR) is 104 cm³/mol. The smallest absolute Gasteiger partial charge is 0.324 e. The Morgan fingerprint density at radius 3 is 2.78 bits per heavy atom. The summed E-state index contributed by atoms with van der Waals surface area (Å²) in [5.41, 5.74) is 8.25. The zero-order valence-electron chi connectivity index (χ0n) is 14.9. The number of thiophene rings is 1. The van der Waals surface area contributed by atoms with Crippen molar-refractivity contribution in [3.63, 3.8) is 0 Å². The molecular weight excluding hydrogens is 365 g/mol. The number of hydrogen-bond acceptors (Lipinski definition) is 4. The van der Waals surface area contributed by atoms with E-state index in [1.165, 1.54) is 6.07 Å². The Balaban J connectivity index is 1.83. The molecule has 0 spiro atoms. The predicted octanol–water partition coefficient (Wildman–Crippen LogP) is 3.46. The van der Waals surface area contributed by atoms with E-state index in [1.807, 2.05) is 18.4 Å². The molecule has 0 saturated heterocycles. The first-order valence-electron chi connectivity index (χ1n) is 9.27. The van der Waals surface area contributed by atoms with E-state index in [1.54, 1.807) is 15.9 Å². The molecule has 27 heavy (non-hydrogen) atoms. The van der Waals surface area contributed by atoms with Crippen LogP contribution < -0.4 is 17.0 Å². The standard InChI is InChI=1S/C20H20FN3O2S/c1-9-16(12-4-5-15(22)11-6-7-27-18(11)12)14(21)8-13-17(9)24(10-2-3-10)20(26)23-19(13)25/h6-8,10,12,15H,2-5,22H2,1H3,(H,23,25,26). The molecule has 2 aliphatic rings. The van der Waals surface area contributed by atoms with Gasteiger partial charge in [0.2, 0.25) is 0 Å². The van der Waals surface area contributed by atoms with Gasteiger partial charge in [0, 0.05) is 28.4 Å². The minimum absolute atomic E-state index is 0.0150. The molecule has 1 fully saturated rings. The first-order valence-corrected chi connectivity index (χ1v) is 10.2. The zero-order chi connectivity index (χ0) is 18.9. The van der Waals surface area contributed by atoms with Crippen molar-refractivity contribution in [1.82, 2.24) is 9.55 Å². The van der Waals surface area contributed by atoms with Crippen molar-refractivity contribution in [3.05, 3.63) is 65.7 Å². The number of nitrogens with one attached hydrogen (secondary N) is 1. The van der Waals surface area contributed by atoms with Crippen LogP contribution in [0.5, 0.6) is 0 Å². The Kier molecular flexibility index (Phi) is 3.67. The summed E-state index contributed by atoms with van der Waals surface area (Å²) in [4.78, 5) is 28.2. The van der Waals surface area contributed by atoms with E-state index in [2.05, 4.69) is 4.98 Å². The van der Waals surface area contributed by atoms with Gasteiger partial charge in [-0.15, -0.1) is 11.3 Å². The number of halogens is 1. The van der Waals surface area contributed by atoms with Gasteiger partial charge in [-0.05, 0) is 61.2 Å². The van der Waals surface area contributed by atoms with Gasteiger partial charge in [-0.1, -0.05) is 0 Å². The van der Waals surface area contributed by atoms with Gasteiger partial charge in [-0.2, -0.15) is 0 Å². The zero-order valence-corrected chi connectivity index (χ0v) is 15.7. The van der Waals surface area contributed by atoms with Gasteiger partial charge >= 0.3 is 5.69 Å². The molecule has 5 nitrogen and oxygen atoms in total. The number of benzene rings is 1. The van der Waals surface area contributed by atoms with Gasteiger partial charge in [0.15, 0.2) is 0 Å². The molecule has 7 heteroatoms. The fourth-order valence-corrected chi connectivity index (χ4v) is 5.65. The highest BCUT2D eigenvalue weighted by molar-refractivity contribution is 7.10. The molecule has 5 rings (SSSR count). The molecule has 140 valence electrons. The van der Waals surface area contributed by atoms with Crippen molar-refractivity contribution in [3.8, 4) is 0 Å². The first kappa shape index (κ1) is 16.9. The number of aromatic nitrogens is 2. The maximum Gasteiger partial charge on any atom is 0.329 e. The van der Waals surface area contributed by atoms with Crippen LogP contribution in [-0.4, -0.2) is 9.55 Å². The van der Waals surface area contributed by atoms with Crippen LogP contribution in [0.4, 0.5) is 4.39 Å². The third-order valence-electron chi connectivity index (χ3n) is 5.94. The van der Waals surface area contributed by atoms with E-state index in [4.69, 9.17) is 5.73 Å². The Morgan fingerprint density at radius 1 is 1.26 bits per heavy atom. The van der Waals surface area contributed by atoms with Gasteiger partial charge in [0.05, 0.1) is 10.9 Å². The van der Waals surface area contributed by atoms with Gasteiger partial charge in [0.25, 0.3) is 5.56 Å². The number of aromatic amines is 1. The van der Waals surface area contributed by atoms with Crippen LogP contribution in [0.1, 0.15) is 65.3 Å². The van der Waals surface area contributed by atoms with E-state index < -0.39 is 11.2 Å². The van der Waals surface area contributed by atoms with Gasteiger partial charge in [0.1, 0.15) is 5.82 Å². The van der Waals surface area contributed by atoms with E-state index in [9.17, 15) is 9.59 Å². The number of nitrogens with two attached hydrogens (primary N) is 1. The van der Waals surface area contributed by atoms with Gasteiger partial charge in [-0.3, -0.25) is 14.3 Å². The Bertz CT molecular complexity index is 1190. The molecule has 0 radical (unpaired) electrons. The average Bonchev–Trinajstić information content (AvgIpc) is 3.32. The van der Waals surface area contributed by atoms with Crippen LogP contribution in [0, 0.1) is 12.7 Å². The monoisotopic (exact) mass is 385 g/mol. The van der Waals surface area contributed by atoms with E-state index in [0.29, 0.717) is 16.6 Å². The van der Waals surface area contributed by atoms with Gasteiger partial charge in [-0.25, -0.2) is 9.18 Å². The van der Waals surface area contributed by atoms with E-state index in [0.717, 1.165) is 36.1 Å². The molecule has 2 unspecified atom stereocenters. The summed E-state index contributed by atoms with van der Waals surface area (Å²) in [5.74, 6) is -0.474. The average molecular weight is 385 g/mol. The second-order valence-electron chi connectivity index (χ2n) is 7.63. The SMILES string of the molecule is Cc1c(C2CCC(N)c3ccsc32)c(F)cc2c(=O)[nH]c(=O)n(C3CC3)c12. The van der Waals surface area contributed by atoms with Crippen molar-refractivity contribution in [2.45, 2.75) is 50.6 Å². The highest BCUT2D eigenvalue weighted by Crippen LogP contribution is 2.46. The molecule has 2 heterocycles. The molecule has 1 saturated carbocycles. The third-order valence-corrected chi connectivity index (χ3v) is 6.98. The summed E-state index contributed by atoms with van der Waals surface area (Å²) in [7, 11) is 0. The maximum atomic E-state index is 15.2. The summed E-state index contributed by atoms with van der Waals surface area (Å²) in [6.07, 6.45) is 3.35. The minimum Gasteiger partial charge on any atom is -0.324 e. The van der Waals surface area contributed by atoms with Crippen molar-refractivity contribution in [2.24, 2.45) is 5.73 Å². The molecule has 0 aliphatic heterocycles. The molecule has 2 aromatic heterocycles. The Labute approximate surface area is 158 Å². The van der Waals surface area contributed by atoms with Crippen molar-refractivity contribution in [1.29, 1.82) is 0 Å². The molecule has 2 aliphatic carbocycles. The normalized spacial score (nSPS) is 22.2. The fraction of sp³-hybridized carbons (Fsp3) is 0.400. The summed E-state index contributed by atoms with van der Waals surface area (Å²) in [6, 6.07) is 3.40. The number of fused-ring (bicyclic) bond motifs is 2. The number of nitrogens with zero attached hydrogens (tertiary/aromatic N) is 1. The van der Waals surface area contributed by atoms with E-state index in [-0.39, 0.29) is 29.2 Å². The van der Waals surface area contributed by atoms with Crippen LogP contribution in [0.25, 0.3) is 10.9 Å². The first-order chi connectivity index (χ1) is 13.0. The van der Waals surface area contributed by atoms with Crippen LogP contribution in [0.3, 0.4) is 0 Å². The minimum atomic E-state index is -0.525. The van der Waals surface area contributed by atoms with Crippen LogP contribution >= 0.6 is 11.3 Å². The molecular formula is C20H20FN3O2S. The lowest BCUT2D eigenvalue weighted by Gasteiger charge is -2.29. The van der Waals surface area contributed by atoms with Crippen molar-refractivity contribution >= 4 is 22.2 Å². The molecule has 1 aromatic carbocycles. The molecule has 0 amide bonds. The lowest BCUT2D eigenvalue weighted by atomic mass is 9.80. The van der Waals surface area contributed by atoms with Crippen LogP contribution in [0.2, 0.25) is 0 Å². The molecule has 2 atom stereocenters. The van der Waals surface area contributed by atoms with Crippen molar-refractivity contribution in [2.75, 3.05) is 0 Å². The molecule has 3 aromatic rings. The summed E-state index contributed by atoms with van der Waals surface area (Å²) >= 11 is 1.60. The lowest BCUT2D eigenvalue weighted by Crippen LogP contribution is -2.31. The fourth-order valence-electron chi connectivity index (χ4n) is 4.53. The summed E-state index contributed by atoms with van der Waals surface area (Å²) < 4.78 is 16.9. The van der Waals surface area contributed by atoms with Gasteiger partial charge < -0.3 is 5.73 Å². The second kappa shape index (κ2) is 5.87. The lowest BCUT2D eigenvalue weighted by molar-refractivity contribution is 0.515. The number of rotatable bonds is 2. The number of aryl methyl sites for hydroxylation is 1. The summed E-state index contributed by atoms with van der Waals surface area (Å²) in [6.45, 7) is 1.83. The highest BCUT2D eigenvalue weighted by atomic mass is 32.1. The maximum absolute atomic E-state index is 15.2. The van der Waals surface area contributed by atoms with Crippen LogP contribution in [-0.2, 0) is 0 Å². The van der Waals surface area contributed by atoms with Crippen LogP contribution in [0.15, 0.2) is 27.1 Å². The third kappa shape index (κ3) is 2.45. The summed E-state index contributed by atoms with van der Waals surface area (Å²) in [5, 5.41) is 2.25. The Hall–Kier alpha value is -2.25.